The number of hydrogen-bond acceptors (Lipinski definition) is 3. The van der Waals surface area contributed by atoms with Crippen molar-refractivity contribution in [2.24, 2.45) is 0 Å². The van der Waals surface area contributed by atoms with Crippen LogP contribution in [0.3, 0.4) is 0 Å². The summed E-state index contributed by atoms with van der Waals surface area (Å²) in [7, 11) is 0. The maximum Gasteiger partial charge on any atom is 0.226 e. The number of aromatic nitrogens is 1. The molecule has 0 saturated carbocycles. The Kier molecular flexibility index (Phi) is 4.60. The van der Waals surface area contributed by atoms with Gasteiger partial charge < -0.3 is 11.1 Å². The zero-order valence-corrected chi connectivity index (χ0v) is 8.99. The van der Waals surface area contributed by atoms with E-state index in [-0.39, 0.29) is 5.91 Å². The highest BCUT2D eigenvalue weighted by Gasteiger charge is 2.02. The first kappa shape index (κ1) is 11.5. The number of carbonyl (C=O) groups excluding carboxylic acids is 1. The highest BCUT2D eigenvalue weighted by atomic mass is 16.1. The second-order valence-corrected chi connectivity index (χ2v) is 3.46. The smallest absolute Gasteiger partial charge is 0.226 e. The van der Waals surface area contributed by atoms with Crippen LogP contribution < -0.4 is 11.1 Å². The van der Waals surface area contributed by atoms with Gasteiger partial charge in [0, 0.05) is 12.2 Å². The number of nitrogens with zero attached hydrogens (tertiary/aromatic N) is 1. The molecule has 0 radical (unpaired) electrons. The van der Waals surface area contributed by atoms with E-state index < -0.39 is 0 Å². The van der Waals surface area contributed by atoms with Crippen LogP contribution in [0.4, 0.5) is 5.69 Å². The van der Waals surface area contributed by atoms with Crippen LogP contribution in [0.5, 0.6) is 0 Å². The Hall–Kier alpha value is -1.58. The van der Waals surface area contributed by atoms with Crippen molar-refractivity contribution in [3.63, 3.8) is 0 Å². The number of nitrogens with one attached hydrogen (secondary N) is 1. The molecule has 0 aromatic carbocycles. The predicted octanol–water partition coefficient (Wildman–Crippen LogP) is 1.12. The van der Waals surface area contributed by atoms with E-state index in [0.29, 0.717) is 12.1 Å². The lowest BCUT2D eigenvalue weighted by molar-refractivity contribution is -0.120. The van der Waals surface area contributed by atoms with Gasteiger partial charge in [-0.2, -0.15) is 0 Å². The Morgan fingerprint density at radius 3 is 2.93 bits per heavy atom. The monoisotopic (exact) mass is 207 g/mol. The van der Waals surface area contributed by atoms with Crippen molar-refractivity contribution in [3.05, 3.63) is 24.0 Å². The van der Waals surface area contributed by atoms with E-state index in [0.717, 1.165) is 25.1 Å². The molecule has 1 rings (SSSR count). The van der Waals surface area contributed by atoms with Crippen LogP contribution in [0.1, 0.15) is 25.5 Å². The fraction of sp³-hybridized carbons (Fsp3) is 0.455. The normalized spacial score (nSPS) is 9.93. The Labute approximate surface area is 89.9 Å². The summed E-state index contributed by atoms with van der Waals surface area (Å²) in [6.45, 7) is 2.83. The molecule has 0 bridgehead atoms. The molecule has 3 N–H and O–H groups in total. The second kappa shape index (κ2) is 6.01. The number of nitrogens with two attached hydrogens (primary N) is 1. The molecule has 1 heterocycles. The van der Waals surface area contributed by atoms with Crippen LogP contribution in [-0.2, 0) is 11.2 Å². The van der Waals surface area contributed by atoms with Crippen molar-refractivity contribution in [3.8, 4) is 0 Å². The Morgan fingerprint density at radius 1 is 1.53 bits per heavy atom. The molecule has 1 aromatic heterocycles. The number of hydrogen-bond donors (Lipinski definition) is 2. The fourth-order valence-corrected chi connectivity index (χ4v) is 1.17. The summed E-state index contributed by atoms with van der Waals surface area (Å²) in [4.78, 5) is 15.5. The van der Waals surface area contributed by atoms with Gasteiger partial charge in [0.05, 0.1) is 18.3 Å². The molecule has 82 valence electrons. The standard InChI is InChI=1S/C11H17N3O/c1-2-3-6-13-11(15)7-10-5-4-9(12)8-14-10/h4-5,8H,2-3,6-7,12H2,1H3,(H,13,15). The van der Waals surface area contributed by atoms with E-state index in [1.807, 2.05) is 0 Å². The first-order valence-electron chi connectivity index (χ1n) is 5.19. The Morgan fingerprint density at radius 2 is 2.33 bits per heavy atom. The minimum Gasteiger partial charge on any atom is -0.397 e. The van der Waals surface area contributed by atoms with E-state index in [9.17, 15) is 4.79 Å². The van der Waals surface area contributed by atoms with Crippen LogP contribution in [-0.4, -0.2) is 17.4 Å². The number of pyridine rings is 1. The van der Waals surface area contributed by atoms with E-state index >= 15 is 0 Å². The van der Waals surface area contributed by atoms with Crippen molar-refractivity contribution in [2.75, 3.05) is 12.3 Å². The van der Waals surface area contributed by atoms with E-state index in [1.54, 1.807) is 18.3 Å². The minimum atomic E-state index is 0.0146. The number of rotatable bonds is 5. The number of nitrogen functional groups attached to an aromatic ring is 1. The SMILES string of the molecule is CCCCNC(=O)Cc1ccc(N)cn1. The maximum atomic E-state index is 11.4. The molecule has 15 heavy (non-hydrogen) atoms. The molecule has 1 amide bonds. The first-order chi connectivity index (χ1) is 7.22. The molecule has 0 atom stereocenters. The highest BCUT2D eigenvalue weighted by molar-refractivity contribution is 5.78. The van der Waals surface area contributed by atoms with Gasteiger partial charge in [0.25, 0.3) is 0 Å². The van der Waals surface area contributed by atoms with Crippen LogP contribution >= 0.6 is 0 Å². The van der Waals surface area contributed by atoms with Crippen molar-refractivity contribution in [1.29, 1.82) is 0 Å². The molecular weight excluding hydrogens is 190 g/mol. The summed E-state index contributed by atoms with van der Waals surface area (Å²) in [5.41, 5.74) is 6.86. The van der Waals surface area contributed by atoms with Crippen molar-refractivity contribution < 1.29 is 4.79 Å². The molecule has 4 nitrogen and oxygen atoms in total. The summed E-state index contributed by atoms with van der Waals surface area (Å²) in [6, 6.07) is 3.52. The summed E-state index contributed by atoms with van der Waals surface area (Å²) in [5, 5.41) is 2.84. The van der Waals surface area contributed by atoms with Crippen molar-refractivity contribution in [2.45, 2.75) is 26.2 Å². The molecule has 0 aliphatic heterocycles. The zero-order chi connectivity index (χ0) is 11.1. The van der Waals surface area contributed by atoms with Crippen LogP contribution in [0, 0.1) is 0 Å². The molecule has 0 saturated heterocycles. The minimum absolute atomic E-state index is 0.0146. The van der Waals surface area contributed by atoms with Gasteiger partial charge in [0.15, 0.2) is 0 Å². The van der Waals surface area contributed by atoms with Gasteiger partial charge in [0.1, 0.15) is 0 Å². The third-order valence-corrected chi connectivity index (χ3v) is 2.04. The van der Waals surface area contributed by atoms with Gasteiger partial charge >= 0.3 is 0 Å². The molecule has 4 heteroatoms. The van der Waals surface area contributed by atoms with Crippen LogP contribution in [0.15, 0.2) is 18.3 Å². The van der Waals surface area contributed by atoms with Gasteiger partial charge in [-0.05, 0) is 18.6 Å². The fourth-order valence-electron chi connectivity index (χ4n) is 1.17. The summed E-state index contributed by atoms with van der Waals surface area (Å²) >= 11 is 0. The third-order valence-electron chi connectivity index (χ3n) is 2.04. The van der Waals surface area contributed by atoms with Gasteiger partial charge in [-0.3, -0.25) is 9.78 Å². The molecular formula is C11H17N3O. The topological polar surface area (TPSA) is 68.0 Å². The van der Waals surface area contributed by atoms with E-state index in [4.69, 9.17) is 5.73 Å². The summed E-state index contributed by atoms with van der Waals surface area (Å²) in [5.74, 6) is 0.0146. The van der Waals surface area contributed by atoms with Gasteiger partial charge in [-0.25, -0.2) is 0 Å². The van der Waals surface area contributed by atoms with Gasteiger partial charge in [0.2, 0.25) is 5.91 Å². The maximum absolute atomic E-state index is 11.4. The third kappa shape index (κ3) is 4.44. The Bertz CT molecular complexity index is 308. The molecule has 0 spiro atoms. The largest absolute Gasteiger partial charge is 0.397 e. The van der Waals surface area contributed by atoms with Gasteiger partial charge in [-0.15, -0.1) is 0 Å². The quantitative estimate of drug-likeness (QED) is 0.711. The number of unbranched alkanes of at least 4 members (excludes halogenated alkanes) is 1. The highest BCUT2D eigenvalue weighted by Crippen LogP contribution is 2.01. The lowest BCUT2D eigenvalue weighted by Crippen LogP contribution is -2.26. The number of carbonyl (C=O) groups is 1. The summed E-state index contributed by atoms with van der Waals surface area (Å²) in [6.07, 6.45) is 3.99. The molecule has 0 aliphatic rings. The molecule has 0 fully saturated rings. The molecule has 0 aliphatic carbocycles. The average Bonchev–Trinajstić information content (AvgIpc) is 2.22. The number of amides is 1. The first-order valence-corrected chi connectivity index (χ1v) is 5.19. The van der Waals surface area contributed by atoms with Crippen LogP contribution in [0.2, 0.25) is 0 Å². The predicted molar refractivity (Wildman–Crippen MR) is 60.3 cm³/mol. The molecule has 0 unspecified atom stereocenters. The van der Waals surface area contributed by atoms with Crippen molar-refractivity contribution in [1.82, 2.24) is 10.3 Å². The van der Waals surface area contributed by atoms with Gasteiger partial charge in [-0.1, -0.05) is 13.3 Å². The lowest BCUT2D eigenvalue weighted by Gasteiger charge is -2.03. The van der Waals surface area contributed by atoms with Crippen molar-refractivity contribution >= 4 is 11.6 Å². The zero-order valence-electron chi connectivity index (χ0n) is 8.99. The molecule has 1 aromatic rings. The average molecular weight is 207 g/mol. The van der Waals surface area contributed by atoms with E-state index in [2.05, 4.69) is 17.2 Å². The summed E-state index contributed by atoms with van der Waals surface area (Å²) < 4.78 is 0. The van der Waals surface area contributed by atoms with Crippen LogP contribution in [0.25, 0.3) is 0 Å². The Balaban J connectivity index is 2.34. The lowest BCUT2D eigenvalue weighted by atomic mass is 10.2. The number of anilines is 1. The van der Waals surface area contributed by atoms with E-state index in [1.165, 1.54) is 0 Å². The second-order valence-electron chi connectivity index (χ2n) is 3.46.